The Hall–Kier alpha value is -1.12. The molecule has 2 fully saturated rings. The molecule has 4 unspecified atom stereocenters. The molecule has 5 heteroatoms. The van der Waals surface area contributed by atoms with Crippen LogP contribution in [-0.2, 0) is 4.74 Å². The van der Waals surface area contributed by atoms with E-state index in [1.165, 1.54) is 16.7 Å². The predicted molar refractivity (Wildman–Crippen MR) is 120 cm³/mol. The summed E-state index contributed by atoms with van der Waals surface area (Å²) in [5, 5.41) is 3.80. The van der Waals surface area contributed by atoms with E-state index in [4.69, 9.17) is 4.74 Å². The van der Waals surface area contributed by atoms with Gasteiger partial charge in [0.15, 0.2) is 0 Å². The summed E-state index contributed by atoms with van der Waals surface area (Å²) in [5.74, 6) is 0. The summed E-state index contributed by atoms with van der Waals surface area (Å²) in [4.78, 5) is 14.4. The molecular weight excluding hydrogens is 367 g/mol. The lowest BCUT2D eigenvalue weighted by atomic mass is 9.99. The zero-order chi connectivity index (χ0) is 20.5. The standard InChI is InChI=1S/C23H37N2O2P/c1-16-8-9-17-13-19(14-18(17)15-23(16,5)28)24-11-10-20-7-6-12-25(20)21(26)27-22(2,3)4/h8-9,15,19-20,24H,6-7,10-14,28H2,1-5H3. The topological polar surface area (TPSA) is 41.6 Å². The van der Waals surface area contributed by atoms with Gasteiger partial charge >= 0.3 is 6.09 Å². The maximum Gasteiger partial charge on any atom is 0.410 e. The van der Waals surface area contributed by atoms with Gasteiger partial charge in [0.2, 0.25) is 0 Å². The van der Waals surface area contributed by atoms with E-state index in [-0.39, 0.29) is 11.2 Å². The summed E-state index contributed by atoms with van der Waals surface area (Å²) in [6.45, 7) is 12.0. The molecule has 0 aromatic rings. The highest BCUT2D eigenvalue weighted by Crippen LogP contribution is 2.40. The fourth-order valence-corrected chi connectivity index (χ4v) is 4.67. The molecule has 1 N–H and O–H groups in total. The van der Waals surface area contributed by atoms with E-state index in [9.17, 15) is 4.79 Å². The minimum absolute atomic E-state index is 0.0558. The molecule has 1 aliphatic heterocycles. The summed E-state index contributed by atoms with van der Waals surface area (Å²) in [6, 6.07) is 0.801. The Bertz CT molecular complexity index is 700. The normalized spacial score (nSPS) is 30.4. The van der Waals surface area contributed by atoms with Gasteiger partial charge in [-0.3, -0.25) is 0 Å². The summed E-state index contributed by atoms with van der Waals surface area (Å²) >= 11 is 0. The summed E-state index contributed by atoms with van der Waals surface area (Å²) in [7, 11) is 2.99. The average molecular weight is 405 g/mol. The number of fused-ring (bicyclic) bond motifs is 1. The molecule has 3 aliphatic rings. The molecule has 0 aromatic carbocycles. The molecular formula is C23H37N2O2P. The number of allylic oxidation sites excluding steroid dienone is 4. The molecule has 1 amide bonds. The lowest BCUT2D eigenvalue weighted by Gasteiger charge is -2.29. The molecule has 1 saturated heterocycles. The molecule has 1 saturated carbocycles. The first-order chi connectivity index (χ1) is 13.0. The highest BCUT2D eigenvalue weighted by molar-refractivity contribution is 7.19. The molecule has 28 heavy (non-hydrogen) atoms. The Morgan fingerprint density at radius 3 is 2.75 bits per heavy atom. The van der Waals surface area contributed by atoms with Crippen molar-refractivity contribution < 1.29 is 9.53 Å². The van der Waals surface area contributed by atoms with E-state index in [0.29, 0.717) is 12.1 Å². The third-order valence-electron chi connectivity index (χ3n) is 6.12. The van der Waals surface area contributed by atoms with Crippen molar-refractivity contribution in [2.45, 2.75) is 89.6 Å². The minimum atomic E-state index is -0.429. The number of hydrogen-bond acceptors (Lipinski definition) is 3. The first-order valence-corrected chi connectivity index (χ1v) is 11.2. The number of nitrogens with zero attached hydrogens (tertiary/aromatic N) is 1. The van der Waals surface area contributed by atoms with Gasteiger partial charge in [-0.15, -0.1) is 9.24 Å². The van der Waals surface area contributed by atoms with Crippen molar-refractivity contribution in [3.63, 3.8) is 0 Å². The van der Waals surface area contributed by atoms with Crippen LogP contribution >= 0.6 is 9.24 Å². The number of carbonyl (C=O) groups excluding carboxylic acids is 1. The van der Waals surface area contributed by atoms with Crippen molar-refractivity contribution in [1.82, 2.24) is 10.2 Å². The number of hydrogen-bond donors (Lipinski definition) is 1. The minimum Gasteiger partial charge on any atom is -0.444 e. The second-order valence-electron chi connectivity index (χ2n) is 9.81. The third kappa shape index (κ3) is 5.27. The quantitative estimate of drug-likeness (QED) is 0.673. The molecule has 0 radical (unpaired) electrons. The first-order valence-electron chi connectivity index (χ1n) is 10.7. The van der Waals surface area contributed by atoms with E-state index >= 15 is 0 Å². The van der Waals surface area contributed by atoms with E-state index in [0.717, 1.165) is 45.2 Å². The Morgan fingerprint density at radius 2 is 2.04 bits per heavy atom. The van der Waals surface area contributed by atoms with Crippen LogP contribution in [0.3, 0.4) is 0 Å². The van der Waals surface area contributed by atoms with Gasteiger partial charge in [-0.2, -0.15) is 0 Å². The number of nitrogens with one attached hydrogen (secondary N) is 1. The van der Waals surface area contributed by atoms with Gasteiger partial charge < -0.3 is 15.0 Å². The van der Waals surface area contributed by atoms with Gasteiger partial charge in [0.1, 0.15) is 5.60 Å². The number of ether oxygens (including phenoxy) is 1. The van der Waals surface area contributed by atoms with E-state index in [2.05, 4.69) is 46.6 Å². The van der Waals surface area contributed by atoms with Gasteiger partial charge in [0.05, 0.1) is 0 Å². The van der Waals surface area contributed by atoms with Crippen molar-refractivity contribution >= 4 is 15.3 Å². The molecule has 4 nitrogen and oxygen atoms in total. The van der Waals surface area contributed by atoms with Crippen molar-refractivity contribution in [2.75, 3.05) is 13.1 Å². The summed E-state index contributed by atoms with van der Waals surface area (Å²) < 4.78 is 5.58. The largest absolute Gasteiger partial charge is 0.444 e. The second kappa shape index (κ2) is 8.32. The fourth-order valence-electron chi connectivity index (χ4n) is 4.37. The van der Waals surface area contributed by atoms with Crippen LogP contribution in [0.25, 0.3) is 0 Å². The Kier molecular flexibility index (Phi) is 6.41. The molecule has 4 atom stereocenters. The Balaban J connectivity index is 1.50. The van der Waals surface area contributed by atoms with Crippen LogP contribution < -0.4 is 5.32 Å². The third-order valence-corrected chi connectivity index (χ3v) is 6.74. The van der Waals surface area contributed by atoms with Crippen LogP contribution in [0.1, 0.15) is 66.7 Å². The van der Waals surface area contributed by atoms with Crippen LogP contribution in [0.5, 0.6) is 0 Å². The highest BCUT2D eigenvalue weighted by Gasteiger charge is 2.33. The van der Waals surface area contributed by atoms with E-state index < -0.39 is 5.60 Å². The van der Waals surface area contributed by atoms with Crippen LogP contribution in [0, 0.1) is 0 Å². The SMILES string of the molecule is CC1=CC=C2CC(NCCC3CCCN3C(=O)OC(C)(C)C)CC2=CC1(C)P. The van der Waals surface area contributed by atoms with Crippen LogP contribution in [0.2, 0.25) is 0 Å². The zero-order valence-electron chi connectivity index (χ0n) is 18.2. The maximum atomic E-state index is 12.4. The van der Waals surface area contributed by atoms with Crippen molar-refractivity contribution in [3.8, 4) is 0 Å². The predicted octanol–water partition coefficient (Wildman–Crippen LogP) is 4.97. The zero-order valence-corrected chi connectivity index (χ0v) is 19.3. The van der Waals surface area contributed by atoms with E-state index in [1.807, 2.05) is 25.7 Å². The lowest BCUT2D eigenvalue weighted by molar-refractivity contribution is 0.0220. The van der Waals surface area contributed by atoms with Gasteiger partial charge in [-0.05, 0) is 84.4 Å². The molecule has 0 aromatic heterocycles. The smallest absolute Gasteiger partial charge is 0.410 e. The number of likely N-dealkylation sites (tertiary alicyclic amines) is 1. The fraction of sp³-hybridized carbons (Fsp3) is 0.696. The lowest BCUT2D eigenvalue weighted by Crippen LogP contribution is -2.41. The first kappa shape index (κ1) is 21.6. The van der Waals surface area contributed by atoms with Gasteiger partial charge in [0, 0.05) is 23.8 Å². The molecule has 1 heterocycles. The van der Waals surface area contributed by atoms with E-state index in [1.54, 1.807) is 0 Å². The van der Waals surface area contributed by atoms with Gasteiger partial charge in [0.25, 0.3) is 0 Å². The Morgan fingerprint density at radius 1 is 1.32 bits per heavy atom. The van der Waals surface area contributed by atoms with Crippen LogP contribution in [0.15, 0.2) is 34.9 Å². The van der Waals surface area contributed by atoms with Crippen LogP contribution in [0.4, 0.5) is 4.79 Å². The summed E-state index contributed by atoms with van der Waals surface area (Å²) in [6.07, 6.45) is 12.2. The van der Waals surface area contributed by atoms with Gasteiger partial charge in [-0.1, -0.05) is 23.8 Å². The van der Waals surface area contributed by atoms with Crippen molar-refractivity contribution in [1.29, 1.82) is 0 Å². The number of rotatable bonds is 4. The van der Waals surface area contributed by atoms with Crippen molar-refractivity contribution in [3.05, 3.63) is 34.9 Å². The number of carbonyl (C=O) groups is 1. The molecule has 2 aliphatic carbocycles. The average Bonchev–Trinajstić information content (AvgIpc) is 3.15. The Labute approximate surface area is 173 Å². The number of amides is 1. The molecule has 0 spiro atoms. The second-order valence-corrected chi connectivity index (χ2v) is 11.0. The molecule has 3 rings (SSSR count). The highest BCUT2D eigenvalue weighted by atomic mass is 31.0. The van der Waals surface area contributed by atoms with Gasteiger partial charge in [-0.25, -0.2) is 4.79 Å². The molecule has 0 bridgehead atoms. The van der Waals surface area contributed by atoms with Crippen molar-refractivity contribution in [2.24, 2.45) is 0 Å². The maximum absolute atomic E-state index is 12.4. The monoisotopic (exact) mass is 404 g/mol. The molecule has 156 valence electrons. The summed E-state index contributed by atoms with van der Waals surface area (Å²) in [5.41, 5.74) is 3.92. The van der Waals surface area contributed by atoms with Crippen LogP contribution in [-0.4, -0.2) is 46.9 Å².